The van der Waals surface area contributed by atoms with Crippen molar-refractivity contribution in [3.63, 3.8) is 0 Å². The first-order valence-corrected chi connectivity index (χ1v) is 13.5. The van der Waals surface area contributed by atoms with E-state index in [0.717, 1.165) is 65.5 Å². The Balaban J connectivity index is 1.53. The van der Waals surface area contributed by atoms with Crippen LogP contribution in [0, 0.1) is 0 Å². The van der Waals surface area contributed by atoms with Crippen LogP contribution in [-0.2, 0) is 19.5 Å². The van der Waals surface area contributed by atoms with Crippen LogP contribution in [-0.4, -0.2) is 19.2 Å². The van der Waals surface area contributed by atoms with Gasteiger partial charge in [-0.15, -0.1) is 0 Å². The summed E-state index contributed by atoms with van der Waals surface area (Å²) in [4.78, 5) is 0.658. The number of aromatic nitrogens is 3. The van der Waals surface area contributed by atoms with E-state index >= 15 is 0 Å². The molecule has 2 aromatic heterocycles. The zero-order valence-electron chi connectivity index (χ0n) is 20.0. The van der Waals surface area contributed by atoms with Gasteiger partial charge in [-0.1, -0.05) is 65.8 Å². The Morgan fingerprint density at radius 2 is 1.57 bits per heavy atom. The van der Waals surface area contributed by atoms with Crippen molar-refractivity contribution in [2.24, 2.45) is 0 Å². The van der Waals surface area contributed by atoms with Gasteiger partial charge in [-0.05, 0) is 73.4 Å². The Labute approximate surface area is 231 Å². The fourth-order valence-corrected chi connectivity index (χ4v) is 5.60. The summed E-state index contributed by atoms with van der Waals surface area (Å²) < 4.78 is 4.39. The van der Waals surface area contributed by atoms with Crippen LogP contribution in [0.25, 0.3) is 16.8 Å². The lowest BCUT2D eigenvalue weighted by Gasteiger charge is -2.13. The molecule has 1 aliphatic heterocycles. The highest BCUT2D eigenvalue weighted by Crippen LogP contribution is 2.38. The minimum atomic E-state index is 0.542. The number of thiocarbonyl (C=S) groups is 1. The molecular weight excluding hydrogens is 521 g/mol. The summed E-state index contributed by atoms with van der Waals surface area (Å²) in [5.74, 6) is 0.903. The van der Waals surface area contributed by atoms with E-state index in [1.807, 2.05) is 66.7 Å². The maximum atomic E-state index is 6.26. The Kier molecular flexibility index (Phi) is 6.63. The molecule has 1 aliphatic rings. The average Bonchev–Trinajstić information content (AvgIpc) is 3.34. The highest BCUT2D eigenvalue weighted by Gasteiger charge is 2.29. The number of halogens is 2. The summed E-state index contributed by atoms with van der Waals surface area (Å²) in [6, 6.07) is 25.8. The third-order valence-corrected chi connectivity index (χ3v) is 7.50. The van der Waals surface area contributed by atoms with Gasteiger partial charge in [-0.2, -0.15) is 5.10 Å². The van der Waals surface area contributed by atoms with Crippen molar-refractivity contribution in [2.45, 2.75) is 32.4 Å². The van der Waals surface area contributed by atoms with Gasteiger partial charge in [-0.25, -0.2) is 4.68 Å². The zero-order valence-corrected chi connectivity index (χ0v) is 22.4. The second kappa shape index (κ2) is 10.2. The monoisotopic (exact) mass is 545 g/mol. The molecular formula is C29H25Cl2N5S. The summed E-state index contributed by atoms with van der Waals surface area (Å²) in [5.41, 5.74) is 7.51. The highest BCUT2D eigenvalue weighted by molar-refractivity contribution is 7.81. The first-order valence-electron chi connectivity index (χ1n) is 12.3. The number of anilines is 2. The first kappa shape index (κ1) is 24.0. The number of hydrogen-bond donors (Lipinski definition) is 2. The Morgan fingerprint density at radius 3 is 2.30 bits per heavy atom. The number of hydrogen-bond acceptors (Lipinski definition) is 3. The summed E-state index contributed by atoms with van der Waals surface area (Å²) in [5, 5.41) is 13.5. The molecule has 0 unspecified atom stereocenters. The third kappa shape index (κ3) is 4.73. The summed E-state index contributed by atoms with van der Waals surface area (Å²) in [7, 11) is 0. The number of nitrogens with one attached hydrogen (secondary N) is 2. The van der Waals surface area contributed by atoms with Crippen molar-refractivity contribution in [1.82, 2.24) is 14.2 Å². The van der Waals surface area contributed by atoms with Gasteiger partial charge in [0, 0.05) is 39.1 Å². The molecule has 8 heteroatoms. The van der Waals surface area contributed by atoms with Gasteiger partial charge in [0.05, 0.1) is 12.2 Å². The normalized spacial score (nSPS) is 12.9. The van der Waals surface area contributed by atoms with Gasteiger partial charge in [-0.3, -0.25) is 4.40 Å². The molecule has 0 radical (unpaired) electrons. The lowest BCUT2D eigenvalue weighted by atomic mass is 9.98. The van der Waals surface area contributed by atoms with Gasteiger partial charge in [0.25, 0.3) is 0 Å². The SMILES string of the molecule is S=C(Nc1ccccc1)c1c(-c2ccc(Cl)cc2)c2c3n(nc(CNc4ccc(Cl)cc4)n13)CCCC2. The van der Waals surface area contributed by atoms with E-state index < -0.39 is 0 Å². The first-order chi connectivity index (χ1) is 18.1. The van der Waals surface area contributed by atoms with Gasteiger partial charge >= 0.3 is 0 Å². The van der Waals surface area contributed by atoms with E-state index in [2.05, 4.69) is 31.8 Å². The molecule has 37 heavy (non-hydrogen) atoms. The van der Waals surface area contributed by atoms with Crippen molar-refractivity contribution in [2.75, 3.05) is 10.6 Å². The van der Waals surface area contributed by atoms with Crippen LogP contribution in [0.1, 0.15) is 29.9 Å². The van der Waals surface area contributed by atoms with Crippen LogP contribution in [0.15, 0.2) is 78.9 Å². The molecule has 0 fully saturated rings. The second-order valence-electron chi connectivity index (χ2n) is 9.15. The van der Waals surface area contributed by atoms with E-state index in [0.29, 0.717) is 21.6 Å². The molecule has 0 bridgehead atoms. The van der Waals surface area contributed by atoms with Crippen molar-refractivity contribution in [1.29, 1.82) is 0 Å². The van der Waals surface area contributed by atoms with E-state index in [-0.39, 0.29) is 0 Å². The number of aryl methyl sites for hydroxylation is 2. The fraction of sp³-hybridized carbons (Fsp3) is 0.172. The van der Waals surface area contributed by atoms with Gasteiger partial charge < -0.3 is 10.6 Å². The van der Waals surface area contributed by atoms with Crippen LogP contribution < -0.4 is 10.6 Å². The van der Waals surface area contributed by atoms with E-state index in [1.165, 1.54) is 5.56 Å². The molecule has 0 atom stereocenters. The summed E-state index contributed by atoms with van der Waals surface area (Å²) >= 11 is 18.4. The number of nitrogens with zero attached hydrogens (tertiary/aromatic N) is 3. The lowest BCUT2D eigenvalue weighted by Crippen LogP contribution is -2.16. The largest absolute Gasteiger partial charge is 0.378 e. The standard InChI is InChI=1S/C29H25Cl2N5S/c30-20-11-9-19(10-12-20)26-24-8-4-5-17-35-29(24)36(27(26)28(37)33-23-6-2-1-3-7-23)25(34-35)18-32-22-15-13-21(31)14-16-22/h1-3,6-7,9-16,32H,4-5,8,17-18H2,(H,33,37). The van der Waals surface area contributed by atoms with Gasteiger partial charge in [0.15, 0.2) is 5.82 Å². The van der Waals surface area contributed by atoms with E-state index in [4.69, 9.17) is 40.5 Å². The Morgan fingerprint density at radius 1 is 0.865 bits per heavy atom. The predicted molar refractivity (Wildman–Crippen MR) is 157 cm³/mol. The topological polar surface area (TPSA) is 46.3 Å². The molecule has 0 amide bonds. The van der Waals surface area contributed by atoms with Crippen molar-refractivity contribution in [3.8, 4) is 11.1 Å². The number of benzene rings is 3. The van der Waals surface area contributed by atoms with Crippen LogP contribution in [0.3, 0.4) is 0 Å². The molecule has 6 rings (SSSR count). The second-order valence-corrected chi connectivity index (χ2v) is 10.4. The van der Waals surface area contributed by atoms with Crippen molar-refractivity contribution in [3.05, 3.63) is 106 Å². The summed E-state index contributed by atoms with van der Waals surface area (Å²) in [6.45, 7) is 1.42. The molecule has 186 valence electrons. The van der Waals surface area contributed by atoms with Crippen molar-refractivity contribution >= 4 is 57.4 Å². The molecule has 0 saturated carbocycles. The van der Waals surface area contributed by atoms with Crippen LogP contribution in [0.2, 0.25) is 10.0 Å². The molecule has 3 heterocycles. The molecule has 0 saturated heterocycles. The van der Waals surface area contributed by atoms with Crippen LogP contribution in [0.5, 0.6) is 0 Å². The van der Waals surface area contributed by atoms with Crippen LogP contribution >= 0.6 is 35.4 Å². The molecule has 5 aromatic rings. The third-order valence-electron chi connectivity index (χ3n) is 6.70. The minimum Gasteiger partial charge on any atom is -0.378 e. The minimum absolute atomic E-state index is 0.542. The van der Waals surface area contributed by atoms with E-state index in [1.54, 1.807) is 0 Å². The van der Waals surface area contributed by atoms with Crippen molar-refractivity contribution < 1.29 is 0 Å². The quantitative estimate of drug-likeness (QED) is 0.213. The zero-order chi connectivity index (χ0) is 25.4. The Hall–Kier alpha value is -3.32. The van der Waals surface area contributed by atoms with Gasteiger partial charge in [0.2, 0.25) is 0 Å². The molecule has 3 aromatic carbocycles. The highest BCUT2D eigenvalue weighted by atomic mass is 35.5. The lowest BCUT2D eigenvalue weighted by molar-refractivity contribution is 0.583. The predicted octanol–water partition coefficient (Wildman–Crippen LogP) is 7.85. The fourth-order valence-electron chi connectivity index (χ4n) is 5.04. The maximum absolute atomic E-state index is 6.26. The molecule has 0 aliphatic carbocycles. The van der Waals surface area contributed by atoms with Crippen LogP contribution in [0.4, 0.5) is 11.4 Å². The number of rotatable bonds is 6. The molecule has 0 spiro atoms. The summed E-state index contributed by atoms with van der Waals surface area (Å²) in [6.07, 6.45) is 3.14. The Bertz CT molecular complexity index is 1570. The molecule has 5 nitrogen and oxygen atoms in total. The average molecular weight is 547 g/mol. The van der Waals surface area contributed by atoms with E-state index in [9.17, 15) is 0 Å². The smallest absolute Gasteiger partial charge is 0.155 e. The molecule has 2 N–H and O–H groups in total. The maximum Gasteiger partial charge on any atom is 0.155 e. The number of para-hydroxylation sites is 1. The van der Waals surface area contributed by atoms with Gasteiger partial charge in [0.1, 0.15) is 10.6 Å².